The lowest BCUT2D eigenvalue weighted by Gasteiger charge is -2.18. The number of hydrogen-bond acceptors (Lipinski definition) is 3. The van der Waals surface area contributed by atoms with Crippen molar-refractivity contribution in [3.63, 3.8) is 0 Å². The maximum Gasteiger partial charge on any atom is 0.399 e. The minimum Gasteiger partial charge on any atom is -0.319 e. The van der Waals surface area contributed by atoms with E-state index in [0.717, 1.165) is 19.3 Å². The predicted molar refractivity (Wildman–Crippen MR) is 77.8 cm³/mol. The number of hydrogen-bond donors (Lipinski definition) is 1. The molecule has 0 bridgehead atoms. The molecule has 2 atom stereocenters. The lowest BCUT2D eigenvalue weighted by Crippen LogP contribution is -2.12. The van der Waals surface area contributed by atoms with Crippen LogP contribution in [0.15, 0.2) is 36.4 Å². The van der Waals surface area contributed by atoms with Crippen LogP contribution in [0.2, 0.25) is 0 Å². The van der Waals surface area contributed by atoms with Gasteiger partial charge < -0.3 is 9.42 Å². The van der Waals surface area contributed by atoms with Gasteiger partial charge in [-0.15, -0.1) is 0 Å². The molecule has 20 heavy (non-hydrogen) atoms. The Morgan fingerprint density at radius 1 is 1.45 bits per heavy atom. The molecule has 1 aliphatic carbocycles. The average Bonchev–Trinajstić information content (AvgIpc) is 2.46. The van der Waals surface area contributed by atoms with Gasteiger partial charge in [0.25, 0.3) is 5.52 Å². The van der Waals surface area contributed by atoms with Crippen LogP contribution < -0.4 is 0 Å². The normalized spacial score (nSPS) is 21.4. The minimum absolute atomic E-state index is 0.113. The standard InChI is InChI=1S/C15H19O4P/c1-12-7-5-6-10-14(12)15(16)20(17,18)19-11-13-8-3-2-4-9-13/h3,5-8,10,13H,2,4,9,11H2,1H3,(H,17,18). The molecule has 0 saturated heterocycles. The molecule has 0 radical (unpaired) electrons. The van der Waals surface area contributed by atoms with Crippen molar-refractivity contribution >= 4 is 13.1 Å². The summed E-state index contributed by atoms with van der Waals surface area (Å²) in [4.78, 5) is 22.0. The number of benzene rings is 1. The fourth-order valence-electron chi connectivity index (χ4n) is 2.24. The Labute approximate surface area is 119 Å². The Morgan fingerprint density at radius 2 is 2.20 bits per heavy atom. The molecule has 5 heteroatoms. The van der Waals surface area contributed by atoms with Gasteiger partial charge in [-0.3, -0.25) is 9.36 Å². The van der Waals surface area contributed by atoms with E-state index in [4.69, 9.17) is 4.52 Å². The van der Waals surface area contributed by atoms with Gasteiger partial charge in [0.1, 0.15) is 0 Å². The summed E-state index contributed by atoms with van der Waals surface area (Å²) < 4.78 is 17.1. The summed E-state index contributed by atoms with van der Waals surface area (Å²) in [7, 11) is -4.27. The lowest BCUT2D eigenvalue weighted by atomic mass is 9.97. The van der Waals surface area contributed by atoms with E-state index in [9.17, 15) is 14.3 Å². The number of rotatable bonds is 5. The second-order valence-corrected chi connectivity index (χ2v) is 6.76. The van der Waals surface area contributed by atoms with Crippen LogP contribution in [0.3, 0.4) is 0 Å². The Bertz CT molecular complexity index is 565. The van der Waals surface area contributed by atoms with Crippen molar-refractivity contribution in [2.24, 2.45) is 5.92 Å². The maximum absolute atomic E-state index is 12.1. The second kappa shape index (κ2) is 6.49. The second-order valence-electron chi connectivity index (χ2n) is 5.06. The van der Waals surface area contributed by atoms with Gasteiger partial charge >= 0.3 is 7.60 Å². The zero-order valence-electron chi connectivity index (χ0n) is 11.5. The zero-order chi connectivity index (χ0) is 14.6. The Morgan fingerprint density at radius 3 is 2.85 bits per heavy atom. The smallest absolute Gasteiger partial charge is 0.319 e. The fraction of sp³-hybridized carbons (Fsp3) is 0.400. The molecular formula is C15H19O4P. The SMILES string of the molecule is Cc1ccccc1C(=O)P(=O)(O)OCC1C=CCCC1. The van der Waals surface area contributed by atoms with E-state index in [1.807, 2.05) is 12.2 Å². The molecule has 0 saturated carbocycles. The van der Waals surface area contributed by atoms with Crippen molar-refractivity contribution in [2.75, 3.05) is 6.61 Å². The van der Waals surface area contributed by atoms with E-state index in [1.165, 1.54) is 0 Å². The van der Waals surface area contributed by atoms with Crippen LogP contribution in [0.4, 0.5) is 0 Å². The highest BCUT2D eigenvalue weighted by Gasteiger charge is 2.33. The third-order valence-corrected chi connectivity index (χ3v) is 4.70. The molecule has 0 heterocycles. The molecule has 108 valence electrons. The van der Waals surface area contributed by atoms with Gasteiger partial charge in [-0.25, -0.2) is 0 Å². The van der Waals surface area contributed by atoms with Crippen LogP contribution in [-0.4, -0.2) is 17.0 Å². The monoisotopic (exact) mass is 294 g/mol. The van der Waals surface area contributed by atoms with Crippen LogP contribution in [-0.2, 0) is 9.09 Å². The van der Waals surface area contributed by atoms with Crippen molar-refractivity contribution in [2.45, 2.75) is 26.2 Å². The summed E-state index contributed by atoms with van der Waals surface area (Å²) in [5.41, 5.74) is 0.0980. The first-order valence-electron chi connectivity index (χ1n) is 6.75. The third-order valence-electron chi connectivity index (χ3n) is 3.45. The highest BCUT2D eigenvalue weighted by atomic mass is 31.2. The third kappa shape index (κ3) is 3.66. The molecule has 0 fully saturated rings. The van der Waals surface area contributed by atoms with E-state index in [0.29, 0.717) is 5.56 Å². The lowest BCUT2D eigenvalue weighted by molar-refractivity contribution is 0.101. The van der Waals surface area contributed by atoms with E-state index in [1.54, 1.807) is 31.2 Å². The molecule has 0 aliphatic heterocycles. The van der Waals surface area contributed by atoms with Gasteiger partial charge in [-0.05, 0) is 31.7 Å². The van der Waals surface area contributed by atoms with Gasteiger partial charge in [-0.2, -0.15) is 0 Å². The van der Waals surface area contributed by atoms with E-state index >= 15 is 0 Å². The Balaban J connectivity index is 2.04. The molecule has 0 amide bonds. The quantitative estimate of drug-likeness (QED) is 0.664. The van der Waals surface area contributed by atoms with Crippen molar-refractivity contribution in [1.82, 2.24) is 0 Å². The van der Waals surface area contributed by atoms with Gasteiger partial charge in [0.2, 0.25) is 0 Å². The largest absolute Gasteiger partial charge is 0.399 e. The summed E-state index contributed by atoms with van der Waals surface area (Å²) in [5, 5.41) is 0. The summed E-state index contributed by atoms with van der Waals surface area (Å²) in [6.45, 7) is 1.85. The minimum atomic E-state index is -4.27. The van der Waals surface area contributed by atoms with E-state index in [2.05, 4.69) is 0 Å². The van der Waals surface area contributed by atoms with Crippen LogP contribution >= 0.6 is 7.60 Å². The Hall–Kier alpha value is -1.22. The molecule has 4 nitrogen and oxygen atoms in total. The molecule has 1 aromatic rings. The van der Waals surface area contributed by atoms with Crippen LogP contribution in [0.1, 0.15) is 35.2 Å². The molecule has 1 N–H and O–H groups in total. The molecule has 2 unspecified atom stereocenters. The predicted octanol–water partition coefficient (Wildman–Crippen LogP) is 3.69. The number of allylic oxidation sites excluding steroid dienone is 1. The Kier molecular flexibility index (Phi) is 4.92. The average molecular weight is 294 g/mol. The summed E-state index contributed by atoms with van der Waals surface area (Å²) >= 11 is 0. The highest BCUT2D eigenvalue weighted by molar-refractivity contribution is 7.71. The molecule has 2 rings (SSSR count). The van der Waals surface area contributed by atoms with Crippen molar-refractivity contribution in [1.29, 1.82) is 0 Å². The first-order valence-corrected chi connectivity index (χ1v) is 8.33. The first kappa shape index (κ1) is 15.2. The highest BCUT2D eigenvalue weighted by Crippen LogP contribution is 2.46. The maximum atomic E-state index is 12.1. The number of carbonyl (C=O) groups excluding carboxylic acids is 1. The van der Waals surface area contributed by atoms with Crippen LogP contribution in [0, 0.1) is 12.8 Å². The molecular weight excluding hydrogens is 275 g/mol. The van der Waals surface area contributed by atoms with E-state index < -0.39 is 13.1 Å². The van der Waals surface area contributed by atoms with Gasteiger partial charge in [-0.1, -0.05) is 36.4 Å². The zero-order valence-corrected chi connectivity index (χ0v) is 12.4. The summed E-state index contributed by atoms with van der Waals surface area (Å²) in [5.74, 6) is 0.119. The van der Waals surface area contributed by atoms with Crippen molar-refractivity contribution < 1.29 is 18.8 Å². The van der Waals surface area contributed by atoms with Gasteiger partial charge in [0.15, 0.2) is 0 Å². The topological polar surface area (TPSA) is 63.6 Å². The first-order chi connectivity index (χ1) is 9.50. The molecule has 1 aromatic carbocycles. The molecule has 0 spiro atoms. The summed E-state index contributed by atoms with van der Waals surface area (Å²) in [6, 6.07) is 6.73. The van der Waals surface area contributed by atoms with Gasteiger partial charge in [0, 0.05) is 11.5 Å². The molecule has 1 aliphatic rings. The van der Waals surface area contributed by atoms with E-state index in [-0.39, 0.29) is 18.1 Å². The molecule has 0 aromatic heterocycles. The van der Waals surface area contributed by atoms with Gasteiger partial charge in [0.05, 0.1) is 6.61 Å². The van der Waals surface area contributed by atoms with Crippen LogP contribution in [0.25, 0.3) is 0 Å². The van der Waals surface area contributed by atoms with Crippen molar-refractivity contribution in [3.05, 3.63) is 47.5 Å². The number of aryl methyl sites for hydroxylation is 1. The summed E-state index contributed by atoms with van der Waals surface area (Å²) in [6.07, 6.45) is 7.04. The number of carbonyl (C=O) groups is 1. The van der Waals surface area contributed by atoms with Crippen molar-refractivity contribution in [3.8, 4) is 0 Å². The van der Waals surface area contributed by atoms with Crippen LogP contribution in [0.5, 0.6) is 0 Å². The fourth-order valence-corrected chi connectivity index (χ4v) is 3.31.